The molecule has 18 heavy (non-hydrogen) atoms. The molecule has 0 saturated carbocycles. The van der Waals surface area contributed by atoms with Crippen LogP contribution in [0.2, 0.25) is 0 Å². The van der Waals surface area contributed by atoms with Crippen LogP contribution in [0.4, 0.5) is 11.6 Å². The minimum atomic E-state index is 0.547. The largest absolute Gasteiger partial charge is 0.370 e. The van der Waals surface area contributed by atoms with E-state index in [1.807, 2.05) is 0 Å². The van der Waals surface area contributed by atoms with Crippen molar-refractivity contribution < 1.29 is 0 Å². The number of hydrogen-bond acceptors (Lipinski definition) is 4. The number of nitrogens with one attached hydrogen (secondary N) is 1. The normalized spacial score (nSPS) is 28.2. The standard InChI is InChI=1S/C14H24N4/c1-5-15-13-7-14(17-9-16-13)18-8-10(2)6-11(3)12(18)4/h7,9-12H,5-6,8H2,1-4H3,(H,15,16,17). The smallest absolute Gasteiger partial charge is 0.134 e. The van der Waals surface area contributed by atoms with Crippen LogP contribution in [0.1, 0.15) is 34.1 Å². The lowest BCUT2D eigenvalue weighted by molar-refractivity contribution is 0.295. The van der Waals surface area contributed by atoms with Crippen molar-refractivity contribution in [3.8, 4) is 0 Å². The lowest BCUT2D eigenvalue weighted by Gasteiger charge is -2.41. The van der Waals surface area contributed by atoms with Crippen LogP contribution in [0.25, 0.3) is 0 Å². The van der Waals surface area contributed by atoms with Crippen molar-refractivity contribution in [3.05, 3.63) is 12.4 Å². The zero-order valence-electron chi connectivity index (χ0n) is 11.8. The highest BCUT2D eigenvalue weighted by Crippen LogP contribution is 2.30. The minimum Gasteiger partial charge on any atom is -0.370 e. The maximum absolute atomic E-state index is 4.44. The molecule has 2 heterocycles. The van der Waals surface area contributed by atoms with E-state index in [0.717, 1.165) is 30.6 Å². The van der Waals surface area contributed by atoms with Gasteiger partial charge >= 0.3 is 0 Å². The predicted octanol–water partition coefficient (Wildman–Crippen LogP) is 2.78. The van der Waals surface area contributed by atoms with Crippen molar-refractivity contribution in [2.45, 2.75) is 40.2 Å². The first kappa shape index (κ1) is 13.1. The first-order chi connectivity index (χ1) is 8.61. The van der Waals surface area contributed by atoms with Crippen LogP contribution < -0.4 is 10.2 Å². The number of nitrogens with zero attached hydrogens (tertiary/aromatic N) is 3. The van der Waals surface area contributed by atoms with Crippen molar-refractivity contribution >= 4 is 11.6 Å². The molecule has 1 aliphatic rings. The molecule has 100 valence electrons. The summed E-state index contributed by atoms with van der Waals surface area (Å²) in [5.74, 6) is 3.41. The first-order valence-corrected chi connectivity index (χ1v) is 6.94. The summed E-state index contributed by atoms with van der Waals surface area (Å²) in [6.45, 7) is 11.0. The van der Waals surface area contributed by atoms with Crippen molar-refractivity contribution in [3.63, 3.8) is 0 Å². The average molecular weight is 248 g/mol. The average Bonchev–Trinajstić information content (AvgIpc) is 2.34. The van der Waals surface area contributed by atoms with Gasteiger partial charge in [0.1, 0.15) is 18.0 Å². The Morgan fingerprint density at radius 3 is 2.83 bits per heavy atom. The zero-order valence-corrected chi connectivity index (χ0v) is 11.8. The van der Waals surface area contributed by atoms with E-state index < -0.39 is 0 Å². The monoisotopic (exact) mass is 248 g/mol. The predicted molar refractivity (Wildman–Crippen MR) is 75.9 cm³/mol. The molecule has 1 fully saturated rings. The van der Waals surface area contributed by atoms with Crippen LogP contribution in [-0.2, 0) is 0 Å². The van der Waals surface area contributed by atoms with Gasteiger partial charge in [-0.25, -0.2) is 9.97 Å². The molecule has 1 aromatic heterocycles. The summed E-state index contributed by atoms with van der Waals surface area (Å²) in [6.07, 6.45) is 2.97. The second-order valence-corrected chi connectivity index (χ2v) is 5.50. The molecule has 3 unspecified atom stereocenters. The third kappa shape index (κ3) is 2.74. The summed E-state index contributed by atoms with van der Waals surface area (Å²) in [7, 11) is 0. The summed E-state index contributed by atoms with van der Waals surface area (Å²) < 4.78 is 0. The Labute approximate surface area is 110 Å². The Morgan fingerprint density at radius 1 is 1.33 bits per heavy atom. The maximum Gasteiger partial charge on any atom is 0.134 e. The molecule has 2 rings (SSSR count). The SMILES string of the molecule is CCNc1cc(N2CC(C)CC(C)C2C)ncn1. The molecular formula is C14H24N4. The van der Waals surface area contributed by atoms with E-state index >= 15 is 0 Å². The highest BCUT2D eigenvalue weighted by Gasteiger charge is 2.29. The summed E-state index contributed by atoms with van der Waals surface area (Å²) in [6, 6.07) is 2.61. The Kier molecular flexibility index (Phi) is 4.04. The van der Waals surface area contributed by atoms with E-state index in [9.17, 15) is 0 Å². The van der Waals surface area contributed by atoms with Gasteiger partial charge in [0.05, 0.1) is 0 Å². The van der Waals surface area contributed by atoms with Crippen LogP contribution in [0.5, 0.6) is 0 Å². The molecular weight excluding hydrogens is 224 g/mol. The van der Waals surface area contributed by atoms with Crippen LogP contribution >= 0.6 is 0 Å². The molecule has 0 spiro atoms. The molecule has 4 heteroatoms. The molecule has 1 aliphatic heterocycles. The van der Waals surface area contributed by atoms with Gasteiger partial charge in [0, 0.05) is 25.2 Å². The van der Waals surface area contributed by atoms with Crippen LogP contribution in [0.15, 0.2) is 12.4 Å². The second-order valence-electron chi connectivity index (χ2n) is 5.50. The minimum absolute atomic E-state index is 0.547. The molecule has 1 N–H and O–H groups in total. The van der Waals surface area contributed by atoms with Crippen LogP contribution in [0.3, 0.4) is 0 Å². The molecule has 0 aromatic carbocycles. The van der Waals surface area contributed by atoms with Gasteiger partial charge in [0.25, 0.3) is 0 Å². The van der Waals surface area contributed by atoms with E-state index in [1.165, 1.54) is 6.42 Å². The number of anilines is 2. The molecule has 0 bridgehead atoms. The lowest BCUT2D eigenvalue weighted by Crippen LogP contribution is -2.46. The Bertz CT molecular complexity index is 393. The summed E-state index contributed by atoms with van der Waals surface area (Å²) in [5, 5.41) is 3.25. The maximum atomic E-state index is 4.44. The molecule has 0 radical (unpaired) electrons. The van der Waals surface area contributed by atoms with E-state index in [1.54, 1.807) is 6.33 Å². The second kappa shape index (κ2) is 5.55. The summed E-state index contributed by atoms with van der Waals surface area (Å²) in [5.41, 5.74) is 0. The molecule has 1 saturated heterocycles. The third-order valence-corrected chi connectivity index (χ3v) is 3.90. The van der Waals surface area contributed by atoms with Gasteiger partial charge in [-0.05, 0) is 32.1 Å². The van der Waals surface area contributed by atoms with Gasteiger partial charge in [0.15, 0.2) is 0 Å². The van der Waals surface area contributed by atoms with Crippen molar-refractivity contribution in [1.82, 2.24) is 9.97 Å². The number of rotatable bonds is 3. The fourth-order valence-corrected chi connectivity index (χ4v) is 2.80. The van der Waals surface area contributed by atoms with E-state index in [2.05, 4.69) is 53.9 Å². The van der Waals surface area contributed by atoms with Gasteiger partial charge in [-0.1, -0.05) is 13.8 Å². The van der Waals surface area contributed by atoms with Gasteiger partial charge < -0.3 is 10.2 Å². The van der Waals surface area contributed by atoms with Crippen molar-refractivity contribution in [2.75, 3.05) is 23.3 Å². The Hall–Kier alpha value is -1.32. The van der Waals surface area contributed by atoms with Crippen molar-refractivity contribution in [1.29, 1.82) is 0 Å². The zero-order chi connectivity index (χ0) is 13.1. The lowest BCUT2D eigenvalue weighted by atomic mass is 9.86. The number of piperidine rings is 1. The van der Waals surface area contributed by atoms with E-state index in [4.69, 9.17) is 0 Å². The molecule has 3 atom stereocenters. The van der Waals surface area contributed by atoms with Crippen LogP contribution in [0, 0.1) is 11.8 Å². The van der Waals surface area contributed by atoms with Gasteiger partial charge in [-0.2, -0.15) is 0 Å². The molecule has 1 aromatic rings. The fraction of sp³-hybridized carbons (Fsp3) is 0.714. The van der Waals surface area contributed by atoms with Crippen LogP contribution in [-0.4, -0.2) is 29.1 Å². The fourth-order valence-electron chi connectivity index (χ4n) is 2.80. The quantitative estimate of drug-likeness (QED) is 0.893. The molecule has 0 amide bonds. The summed E-state index contributed by atoms with van der Waals surface area (Å²) >= 11 is 0. The topological polar surface area (TPSA) is 41.0 Å². The highest BCUT2D eigenvalue weighted by molar-refractivity contribution is 5.49. The molecule has 0 aliphatic carbocycles. The first-order valence-electron chi connectivity index (χ1n) is 6.94. The highest BCUT2D eigenvalue weighted by atomic mass is 15.2. The van der Waals surface area contributed by atoms with E-state index in [0.29, 0.717) is 12.0 Å². The van der Waals surface area contributed by atoms with Crippen molar-refractivity contribution in [2.24, 2.45) is 11.8 Å². The van der Waals surface area contributed by atoms with Gasteiger partial charge in [0.2, 0.25) is 0 Å². The third-order valence-electron chi connectivity index (χ3n) is 3.90. The Balaban J connectivity index is 2.20. The summed E-state index contributed by atoms with van der Waals surface area (Å²) in [4.78, 5) is 11.1. The number of aromatic nitrogens is 2. The van der Waals surface area contributed by atoms with Gasteiger partial charge in [-0.3, -0.25) is 0 Å². The Morgan fingerprint density at radius 2 is 2.11 bits per heavy atom. The van der Waals surface area contributed by atoms with Gasteiger partial charge in [-0.15, -0.1) is 0 Å². The molecule has 4 nitrogen and oxygen atoms in total. The number of hydrogen-bond donors (Lipinski definition) is 1. The van der Waals surface area contributed by atoms with E-state index in [-0.39, 0.29) is 0 Å².